The van der Waals surface area contributed by atoms with E-state index in [4.69, 9.17) is 5.11 Å². The molecule has 1 heterocycles. The lowest BCUT2D eigenvalue weighted by atomic mass is 9.92. The molecule has 120 valence electrons. The first-order valence-electron chi connectivity index (χ1n) is 7.91. The van der Waals surface area contributed by atoms with Gasteiger partial charge in [-0.3, -0.25) is 14.5 Å². The van der Waals surface area contributed by atoms with E-state index in [1.54, 1.807) is 12.1 Å². The highest BCUT2D eigenvalue weighted by molar-refractivity contribution is 6.26. The van der Waals surface area contributed by atoms with E-state index < -0.39 is 0 Å². The highest BCUT2D eigenvalue weighted by Gasteiger charge is 2.33. The van der Waals surface area contributed by atoms with Crippen LogP contribution in [0.25, 0.3) is 10.8 Å². The number of aliphatic hydroxyl groups excluding tert-OH is 1. The third kappa shape index (κ3) is 2.28. The zero-order valence-electron chi connectivity index (χ0n) is 13.4. The van der Waals surface area contributed by atoms with Crippen molar-refractivity contribution in [1.29, 1.82) is 0 Å². The molecule has 0 saturated heterocycles. The van der Waals surface area contributed by atoms with E-state index in [1.165, 1.54) is 0 Å². The first-order valence-corrected chi connectivity index (χ1v) is 7.91. The van der Waals surface area contributed by atoms with Crippen LogP contribution in [-0.2, 0) is 0 Å². The third-order valence-corrected chi connectivity index (χ3v) is 4.40. The number of nitrogens with zero attached hydrogens (tertiary/aromatic N) is 2. The Morgan fingerprint density at radius 2 is 1.65 bits per heavy atom. The molecule has 0 bridgehead atoms. The van der Waals surface area contributed by atoms with Gasteiger partial charge in [-0.25, -0.2) is 0 Å². The summed E-state index contributed by atoms with van der Waals surface area (Å²) in [5, 5.41) is 10.8. The first-order chi connectivity index (χ1) is 11.1. The second kappa shape index (κ2) is 6.01. The number of hydrogen-bond donors (Lipinski definition) is 1. The zero-order valence-corrected chi connectivity index (χ0v) is 13.4. The van der Waals surface area contributed by atoms with Gasteiger partial charge in [-0.05, 0) is 32.0 Å². The Kier molecular flexibility index (Phi) is 4.05. The van der Waals surface area contributed by atoms with Crippen LogP contribution < -0.4 is 4.90 Å². The van der Waals surface area contributed by atoms with Crippen LogP contribution in [0, 0.1) is 0 Å². The van der Waals surface area contributed by atoms with Gasteiger partial charge in [0, 0.05) is 40.7 Å². The molecule has 0 fully saturated rings. The molecule has 0 unspecified atom stereocenters. The Morgan fingerprint density at radius 3 is 2.26 bits per heavy atom. The van der Waals surface area contributed by atoms with Crippen molar-refractivity contribution in [2.75, 3.05) is 31.1 Å². The molecule has 0 aliphatic carbocycles. The van der Waals surface area contributed by atoms with Crippen LogP contribution in [0.2, 0.25) is 0 Å². The molecule has 3 rings (SSSR count). The van der Waals surface area contributed by atoms with Crippen molar-refractivity contribution < 1.29 is 14.7 Å². The molecular formula is C18H20N2O3. The summed E-state index contributed by atoms with van der Waals surface area (Å²) in [6.45, 7) is 5.66. The number of carbonyl (C=O) groups excluding carboxylic acids is 2. The van der Waals surface area contributed by atoms with Crippen molar-refractivity contribution in [2.24, 2.45) is 0 Å². The van der Waals surface area contributed by atoms with E-state index in [0.29, 0.717) is 11.1 Å². The van der Waals surface area contributed by atoms with E-state index in [9.17, 15) is 9.59 Å². The molecule has 2 aromatic rings. The number of β-amino-alcohol motifs (C(OH)–C–C–N with tert-alkyl or cyclic N) is 1. The van der Waals surface area contributed by atoms with Crippen LogP contribution in [0.5, 0.6) is 0 Å². The summed E-state index contributed by atoms with van der Waals surface area (Å²) in [5.41, 5.74) is 2.09. The lowest BCUT2D eigenvalue weighted by Gasteiger charge is -2.29. The Labute approximate surface area is 135 Å². The monoisotopic (exact) mass is 312 g/mol. The molecule has 1 aliphatic rings. The van der Waals surface area contributed by atoms with E-state index in [-0.39, 0.29) is 25.0 Å². The van der Waals surface area contributed by atoms with Gasteiger partial charge >= 0.3 is 0 Å². The molecule has 0 spiro atoms. The van der Waals surface area contributed by atoms with Crippen molar-refractivity contribution >= 4 is 28.3 Å². The maximum absolute atomic E-state index is 12.6. The molecule has 1 N–H and O–H groups in total. The number of rotatable bonds is 5. The minimum absolute atomic E-state index is 0.0191. The van der Waals surface area contributed by atoms with Crippen LogP contribution in [0.4, 0.5) is 5.69 Å². The molecule has 2 aromatic carbocycles. The first kappa shape index (κ1) is 15.5. The molecule has 0 radical (unpaired) electrons. The average Bonchev–Trinajstić information content (AvgIpc) is 2.58. The number of carbonyl (C=O) groups is 2. The Balaban J connectivity index is 2.28. The smallest absolute Gasteiger partial charge is 0.261 e. The van der Waals surface area contributed by atoms with Crippen molar-refractivity contribution in [1.82, 2.24) is 4.90 Å². The predicted molar refractivity (Wildman–Crippen MR) is 90.0 cm³/mol. The van der Waals surface area contributed by atoms with Gasteiger partial charge in [0.05, 0.1) is 13.2 Å². The van der Waals surface area contributed by atoms with Gasteiger partial charge in [-0.15, -0.1) is 0 Å². The normalized spacial score (nSPS) is 13.8. The van der Waals surface area contributed by atoms with Crippen LogP contribution in [0.15, 0.2) is 30.3 Å². The lowest BCUT2D eigenvalue weighted by Crippen LogP contribution is -2.42. The summed E-state index contributed by atoms with van der Waals surface area (Å²) in [7, 11) is 0. The Morgan fingerprint density at radius 1 is 1.00 bits per heavy atom. The molecule has 5 heteroatoms. The highest BCUT2D eigenvalue weighted by Crippen LogP contribution is 2.35. The maximum atomic E-state index is 12.6. The number of hydrogen-bond acceptors (Lipinski definition) is 4. The fourth-order valence-electron chi connectivity index (χ4n) is 3.27. The van der Waals surface area contributed by atoms with E-state index >= 15 is 0 Å². The minimum atomic E-state index is -0.334. The van der Waals surface area contributed by atoms with Gasteiger partial charge < -0.3 is 10.0 Å². The van der Waals surface area contributed by atoms with Gasteiger partial charge in [-0.1, -0.05) is 12.1 Å². The molecule has 1 aliphatic heterocycles. The molecule has 0 aromatic heterocycles. The molecule has 5 nitrogen and oxygen atoms in total. The largest absolute Gasteiger partial charge is 0.395 e. The van der Waals surface area contributed by atoms with Gasteiger partial charge in [0.2, 0.25) is 0 Å². The zero-order chi connectivity index (χ0) is 16.6. The van der Waals surface area contributed by atoms with E-state index in [0.717, 1.165) is 34.4 Å². The summed E-state index contributed by atoms with van der Waals surface area (Å²) in [6, 6.07) is 9.28. The summed E-state index contributed by atoms with van der Waals surface area (Å²) < 4.78 is 0. The van der Waals surface area contributed by atoms with Crippen molar-refractivity contribution in [3.8, 4) is 0 Å². The number of anilines is 1. The fourth-order valence-corrected chi connectivity index (χ4v) is 3.27. The molecule has 23 heavy (non-hydrogen) atoms. The van der Waals surface area contributed by atoms with Gasteiger partial charge in [0.1, 0.15) is 0 Å². The summed E-state index contributed by atoms with van der Waals surface area (Å²) in [6.07, 6.45) is 0. The van der Waals surface area contributed by atoms with Crippen molar-refractivity contribution in [3.05, 3.63) is 41.5 Å². The summed E-state index contributed by atoms with van der Waals surface area (Å²) >= 11 is 0. The van der Waals surface area contributed by atoms with Gasteiger partial charge in [0.15, 0.2) is 0 Å². The van der Waals surface area contributed by atoms with Crippen molar-refractivity contribution in [2.45, 2.75) is 13.8 Å². The average molecular weight is 312 g/mol. The second-order valence-corrected chi connectivity index (χ2v) is 5.52. The topological polar surface area (TPSA) is 60.9 Å². The fraction of sp³-hybridized carbons (Fsp3) is 0.333. The standard InChI is InChI=1S/C18H20N2O3/c1-3-19(4-2)15-9-8-14-16-12(15)6-5-7-13(16)17(22)20(10-11-21)18(14)23/h5-9,21H,3-4,10-11H2,1-2H3. The second-order valence-electron chi connectivity index (χ2n) is 5.52. The predicted octanol–water partition coefficient (Wildman–Crippen LogP) is 2.27. The highest BCUT2D eigenvalue weighted by atomic mass is 16.3. The summed E-state index contributed by atoms with van der Waals surface area (Å²) in [4.78, 5) is 28.5. The molecule has 0 saturated carbocycles. The quantitative estimate of drug-likeness (QED) is 0.861. The van der Waals surface area contributed by atoms with Gasteiger partial charge in [-0.2, -0.15) is 0 Å². The Bertz CT molecular complexity index is 759. The van der Waals surface area contributed by atoms with Gasteiger partial charge in [0.25, 0.3) is 11.8 Å². The van der Waals surface area contributed by atoms with Crippen LogP contribution in [-0.4, -0.2) is 48.1 Å². The van der Waals surface area contributed by atoms with E-state index in [1.807, 2.05) is 18.2 Å². The SMILES string of the molecule is CCN(CC)c1ccc2c3c(cccc13)C(=O)N(CCO)C2=O. The number of imide groups is 1. The van der Waals surface area contributed by atoms with Crippen LogP contribution >= 0.6 is 0 Å². The summed E-state index contributed by atoms with van der Waals surface area (Å²) in [5.74, 6) is -0.669. The van der Waals surface area contributed by atoms with Crippen LogP contribution in [0.1, 0.15) is 34.6 Å². The lowest BCUT2D eigenvalue weighted by molar-refractivity contribution is 0.0580. The van der Waals surface area contributed by atoms with Crippen LogP contribution in [0.3, 0.4) is 0 Å². The number of benzene rings is 2. The molecule has 0 atom stereocenters. The number of aliphatic hydroxyl groups is 1. The maximum Gasteiger partial charge on any atom is 0.261 e. The number of amides is 2. The third-order valence-electron chi connectivity index (χ3n) is 4.40. The van der Waals surface area contributed by atoms with Crippen molar-refractivity contribution in [3.63, 3.8) is 0 Å². The van der Waals surface area contributed by atoms with E-state index in [2.05, 4.69) is 18.7 Å². The Hall–Kier alpha value is -2.40. The molecular weight excluding hydrogens is 292 g/mol. The minimum Gasteiger partial charge on any atom is -0.395 e. The molecule has 2 amide bonds.